The van der Waals surface area contributed by atoms with Crippen molar-refractivity contribution in [1.82, 2.24) is 25.3 Å². The van der Waals surface area contributed by atoms with Crippen LogP contribution in [0.25, 0.3) is 11.0 Å². The Bertz CT molecular complexity index is 1120. The second kappa shape index (κ2) is 9.81. The van der Waals surface area contributed by atoms with Gasteiger partial charge < -0.3 is 25.6 Å². The first-order chi connectivity index (χ1) is 15.2. The van der Waals surface area contributed by atoms with Gasteiger partial charge in [0.25, 0.3) is 5.56 Å². The fourth-order valence-corrected chi connectivity index (χ4v) is 4.52. The van der Waals surface area contributed by atoms with Crippen LogP contribution in [0.1, 0.15) is 42.9 Å². The number of pyridine rings is 2. The quantitative estimate of drug-likeness (QED) is 0.461. The standard InChI is InChI=1S/C22H27N7O2.ClH/c30-13-15-11-17-19(14-3-1-2-4-14)26-22(28-20(17)27-21(15)31)25-18-6-5-16(12-24-18)29-9-7-23-8-10-29;/h5-6,11-12,14,23,30H,1-4,7-10,13H2,(H2,24,25,26,27,28,31);1H. The third kappa shape index (κ3) is 4.55. The number of halogens is 1. The molecule has 10 heteroatoms. The van der Waals surface area contributed by atoms with Crippen molar-refractivity contribution in [3.8, 4) is 0 Å². The molecule has 3 aromatic rings. The summed E-state index contributed by atoms with van der Waals surface area (Å²) in [4.78, 5) is 31.2. The van der Waals surface area contributed by atoms with Crippen LogP contribution in [0.5, 0.6) is 0 Å². The molecule has 0 spiro atoms. The van der Waals surface area contributed by atoms with Gasteiger partial charge in [0, 0.05) is 43.0 Å². The number of hydrogen-bond acceptors (Lipinski definition) is 8. The zero-order valence-electron chi connectivity index (χ0n) is 17.8. The number of anilines is 3. The molecule has 0 amide bonds. The topological polar surface area (TPSA) is 119 Å². The molecule has 9 nitrogen and oxygen atoms in total. The molecule has 4 heterocycles. The van der Waals surface area contributed by atoms with E-state index < -0.39 is 0 Å². The van der Waals surface area contributed by atoms with E-state index in [2.05, 4.69) is 36.6 Å². The number of fused-ring (bicyclic) bond motifs is 1. The van der Waals surface area contributed by atoms with Crippen molar-refractivity contribution in [1.29, 1.82) is 0 Å². The third-order valence-corrected chi connectivity index (χ3v) is 6.20. The normalized spacial score (nSPS) is 16.8. The molecule has 170 valence electrons. The van der Waals surface area contributed by atoms with Gasteiger partial charge in [-0.3, -0.25) is 4.79 Å². The summed E-state index contributed by atoms with van der Waals surface area (Å²) in [5.74, 6) is 1.40. The van der Waals surface area contributed by atoms with Crippen molar-refractivity contribution in [2.45, 2.75) is 38.2 Å². The molecule has 2 fully saturated rings. The van der Waals surface area contributed by atoms with Crippen LogP contribution in [0.4, 0.5) is 17.5 Å². The molecule has 2 aliphatic rings. The Morgan fingerprint density at radius 3 is 2.62 bits per heavy atom. The molecule has 1 saturated carbocycles. The number of piperazine rings is 1. The van der Waals surface area contributed by atoms with Crippen LogP contribution < -0.4 is 21.1 Å². The van der Waals surface area contributed by atoms with Gasteiger partial charge in [-0.25, -0.2) is 9.97 Å². The third-order valence-electron chi connectivity index (χ3n) is 6.20. The maximum Gasteiger partial charge on any atom is 0.255 e. The molecular weight excluding hydrogens is 430 g/mol. The largest absolute Gasteiger partial charge is 0.391 e. The fraction of sp³-hybridized carbons (Fsp3) is 0.455. The molecule has 0 unspecified atom stereocenters. The maximum atomic E-state index is 12.2. The van der Waals surface area contributed by atoms with Gasteiger partial charge in [-0.2, -0.15) is 4.98 Å². The molecule has 0 radical (unpaired) electrons. The predicted molar refractivity (Wildman–Crippen MR) is 127 cm³/mol. The van der Waals surface area contributed by atoms with E-state index in [1.807, 2.05) is 12.3 Å². The van der Waals surface area contributed by atoms with Crippen molar-refractivity contribution >= 4 is 40.9 Å². The van der Waals surface area contributed by atoms with Crippen LogP contribution in [-0.4, -0.2) is 51.2 Å². The summed E-state index contributed by atoms with van der Waals surface area (Å²) >= 11 is 0. The summed E-state index contributed by atoms with van der Waals surface area (Å²) in [6.07, 6.45) is 6.34. The minimum absolute atomic E-state index is 0. The number of nitrogens with one attached hydrogen (secondary N) is 3. The first kappa shape index (κ1) is 22.4. The van der Waals surface area contributed by atoms with E-state index in [4.69, 9.17) is 4.98 Å². The van der Waals surface area contributed by atoms with E-state index in [0.29, 0.717) is 28.9 Å². The second-order valence-corrected chi connectivity index (χ2v) is 8.22. The Kier molecular flexibility index (Phi) is 6.88. The molecule has 5 rings (SSSR count). The second-order valence-electron chi connectivity index (χ2n) is 8.22. The zero-order chi connectivity index (χ0) is 21.2. The van der Waals surface area contributed by atoms with Crippen LogP contribution in [0.2, 0.25) is 0 Å². The number of nitrogens with zero attached hydrogens (tertiary/aromatic N) is 4. The van der Waals surface area contributed by atoms with Crippen LogP contribution in [0.15, 0.2) is 29.2 Å². The Balaban J connectivity index is 0.00000245. The Morgan fingerprint density at radius 2 is 1.94 bits per heavy atom. The number of aliphatic hydroxyl groups excluding tert-OH is 1. The summed E-state index contributed by atoms with van der Waals surface area (Å²) in [6.45, 7) is 3.58. The minimum Gasteiger partial charge on any atom is -0.391 e. The highest BCUT2D eigenvalue weighted by molar-refractivity contribution is 5.85. The van der Waals surface area contributed by atoms with Crippen LogP contribution in [0.3, 0.4) is 0 Å². The summed E-state index contributed by atoms with van der Waals surface area (Å²) in [5.41, 5.74) is 2.52. The van der Waals surface area contributed by atoms with Gasteiger partial charge in [-0.15, -0.1) is 12.4 Å². The van der Waals surface area contributed by atoms with E-state index in [0.717, 1.165) is 55.8 Å². The number of aliphatic hydroxyl groups is 1. The minimum atomic E-state index is -0.324. The summed E-state index contributed by atoms with van der Waals surface area (Å²) in [7, 11) is 0. The number of H-pyrrole nitrogens is 1. The van der Waals surface area contributed by atoms with Gasteiger partial charge >= 0.3 is 0 Å². The van der Waals surface area contributed by atoms with Crippen molar-refractivity contribution in [3.63, 3.8) is 0 Å². The van der Waals surface area contributed by atoms with Crippen LogP contribution in [-0.2, 0) is 6.61 Å². The van der Waals surface area contributed by atoms with E-state index >= 15 is 0 Å². The smallest absolute Gasteiger partial charge is 0.255 e. The molecule has 1 aliphatic carbocycles. The monoisotopic (exact) mass is 457 g/mol. The van der Waals surface area contributed by atoms with Gasteiger partial charge in [0.15, 0.2) is 0 Å². The molecule has 32 heavy (non-hydrogen) atoms. The summed E-state index contributed by atoms with van der Waals surface area (Å²) in [6, 6.07) is 5.71. The van der Waals surface area contributed by atoms with Gasteiger partial charge in [-0.05, 0) is 31.0 Å². The lowest BCUT2D eigenvalue weighted by Gasteiger charge is -2.29. The first-order valence-corrected chi connectivity index (χ1v) is 10.9. The zero-order valence-corrected chi connectivity index (χ0v) is 18.6. The number of aromatic amines is 1. The van der Waals surface area contributed by atoms with E-state index in [-0.39, 0.29) is 24.6 Å². The molecule has 0 bridgehead atoms. The molecule has 4 N–H and O–H groups in total. The van der Waals surface area contributed by atoms with E-state index in [1.54, 1.807) is 6.07 Å². The Hall–Kier alpha value is -2.75. The average molecular weight is 458 g/mol. The number of aromatic nitrogens is 4. The summed E-state index contributed by atoms with van der Waals surface area (Å²) in [5, 5.41) is 16.9. The molecule has 3 aromatic heterocycles. The SMILES string of the molecule is Cl.O=c1[nH]c2nc(Nc3ccc(N4CCNCC4)cn3)nc(C3CCCC3)c2cc1CO. The number of rotatable bonds is 5. The molecule has 1 aliphatic heterocycles. The van der Waals surface area contributed by atoms with Crippen molar-refractivity contribution in [2.24, 2.45) is 0 Å². The maximum absolute atomic E-state index is 12.2. The lowest BCUT2D eigenvalue weighted by molar-refractivity contribution is 0.280. The Morgan fingerprint density at radius 1 is 1.16 bits per heavy atom. The highest BCUT2D eigenvalue weighted by Crippen LogP contribution is 2.36. The number of hydrogen-bond donors (Lipinski definition) is 4. The van der Waals surface area contributed by atoms with Crippen molar-refractivity contribution in [2.75, 3.05) is 36.4 Å². The lowest BCUT2D eigenvalue weighted by Crippen LogP contribution is -2.43. The highest BCUT2D eigenvalue weighted by atomic mass is 35.5. The highest BCUT2D eigenvalue weighted by Gasteiger charge is 2.23. The molecule has 0 atom stereocenters. The van der Waals surface area contributed by atoms with E-state index in [1.165, 1.54) is 12.8 Å². The predicted octanol–water partition coefficient (Wildman–Crippen LogP) is 2.44. The molecule has 1 saturated heterocycles. The first-order valence-electron chi connectivity index (χ1n) is 10.9. The van der Waals surface area contributed by atoms with Crippen LogP contribution in [0, 0.1) is 0 Å². The Labute approximate surface area is 192 Å². The lowest BCUT2D eigenvalue weighted by atomic mass is 10.00. The van der Waals surface area contributed by atoms with Gasteiger partial charge in [0.2, 0.25) is 5.95 Å². The fourth-order valence-electron chi connectivity index (χ4n) is 4.52. The van der Waals surface area contributed by atoms with Gasteiger partial charge in [0.1, 0.15) is 11.5 Å². The van der Waals surface area contributed by atoms with Crippen molar-refractivity contribution < 1.29 is 5.11 Å². The van der Waals surface area contributed by atoms with Gasteiger partial charge in [0.05, 0.1) is 24.2 Å². The van der Waals surface area contributed by atoms with Crippen molar-refractivity contribution in [3.05, 3.63) is 46.0 Å². The van der Waals surface area contributed by atoms with Gasteiger partial charge in [-0.1, -0.05) is 12.8 Å². The average Bonchev–Trinajstić information content (AvgIpc) is 3.34. The molecule has 0 aromatic carbocycles. The summed E-state index contributed by atoms with van der Waals surface area (Å²) < 4.78 is 0. The molecular formula is C22H28ClN7O2. The van der Waals surface area contributed by atoms with E-state index in [9.17, 15) is 9.90 Å². The van der Waals surface area contributed by atoms with Crippen LogP contribution >= 0.6 is 12.4 Å².